The van der Waals surface area contributed by atoms with Gasteiger partial charge in [-0.05, 0) is 34.9 Å². The predicted octanol–water partition coefficient (Wildman–Crippen LogP) is 6.31. The second kappa shape index (κ2) is 7.23. The normalized spacial score (nSPS) is 17.3. The number of allylic oxidation sites excluding steroid dienone is 3. The summed E-state index contributed by atoms with van der Waals surface area (Å²) in [5.74, 6) is -1.13. The van der Waals surface area contributed by atoms with Crippen molar-refractivity contribution in [1.29, 1.82) is 0 Å². The Kier molecular flexibility index (Phi) is 4.40. The molecule has 4 heteroatoms. The summed E-state index contributed by atoms with van der Waals surface area (Å²) in [7, 11) is 0. The van der Waals surface area contributed by atoms with Crippen LogP contribution in [-0.4, -0.2) is 10.7 Å². The predicted molar refractivity (Wildman–Crippen MR) is 113 cm³/mol. The molecule has 2 nitrogen and oxygen atoms in total. The minimum absolute atomic E-state index is 0.252. The van der Waals surface area contributed by atoms with Gasteiger partial charge in [0.1, 0.15) is 11.6 Å². The van der Waals surface area contributed by atoms with Crippen molar-refractivity contribution >= 4 is 17.4 Å². The number of rotatable bonds is 3. The van der Waals surface area contributed by atoms with Gasteiger partial charge in [0.05, 0.1) is 11.7 Å². The Morgan fingerprint density at radius 3 is 2.30 bits per heavy atom. The van der Waals surface area contributed by atoms with Crippen molar-refractivity contribution < 1.29 is 13.6 Å². The first-order chi connectivity index (χ1) is 14.6. The lowest BCUT2D eigenvalue weighted by Crippen LogP contribution is -2.33. The van der Waals surface area contributed by atoms with Gasteiger partial charge < -0.3 is 4.90 Å². The molecule has 2 heterocycles. The first-order valence-corrected chi connectivity index (χ1v) is 9.66. The number of halogens is 2. The smallest absolute Gasteiger partial charge is 0.209 e. The fourth-order valence-corrected chi connectivity index (χ4v) is 4.07. The van der Waals surface area contributed by atoms with Crippen LogP contribution >= 0.6 is 0 Å². The lowest BCUT2D eigenvalue weighted by atomic mass is 9.83. The summed E-state index contributed by atoms with van der Waals surface area (Å²) in [4.78, 5) is 15.0. The lowest BCUT2D eigenvalue weighted by Gasteiger charge is -2.40. The number of carbonyl (C=O) groups excluding carboxylic acids is 1. The van der Waals surface area contributed by atoms with Crippen molar-refractivity contribution in [1.82, 2.24) is 4.90 Å². The molecule has 0 spiro atoms. The fraction of sp³-hybridized carbons (Fsp3) is 0.0385. The third-order valence-electron chi connectivity index (χ3n) is 5.48. The third-order valence-corrected chi connectivity index (χ3v) is 5.48. The first kappa shape index (κ1) is 18.3. The molecular formula is C26H17F2NO. The van der Waals surface area contributed by atoms with E-state index in [1.54, 1.807) is 41.3 Å². The molecule has 0 bridgehead atoms. The minimum atomic E-state index is -0.524. The summed E-state index contributed by atoms with van der Waals surface area (Å²) >= 11 is 0. The van der Waals surface area contributed by atoms with Crippen LogP contribution in [0.3, 0.4) is 0 Å². The maximum Gasteiger partial charge on any atom is 0.209 e. The number of fused-ring (bicyclic) bond motifs is 3. The van der Waals surface area contributed by atoms with Crippen LogP contribution in [0.15, 0.2) is 103 Å². The Morgan fingerprint density at radius 2 is 1.53 bits per heavy atom. The molecular weight excluding hydrogens is 380 g/mol. The van der Waals surface area contributed by atoms with Gasteiger partial charge in [-0.25, -0.2) is 8.78 Å². The Bertz CT molecular complexity index is 1220. The van der Waals surface area contributed by atoms with Crippen molar-refractivity contribution in [3.8, 4) is 0 Å². The summed E-state index contributed by atoms with van der Waals surface area (Å²) in [6.45, 7) is 0. The van der Waals surface area contributed by atoms with Crippen LogP contribution in [0.1, 0.15) is 33.1 Å². The summed E-state index contributed by atoms with van der Waals surface area (Å²) in [6.07, 6.45) is 5.02. The number of Topliss-reactive ketones (excluding diaryl/α,β-unsaturated/α-hetero) is 1. The molecule has 0 saturated carbocycles. The topological polar surface area (TPSA) is 20.3 Å². The summed E-state index contributed by atoms with van der Waals surface area (Å²) in [5, 5.41) is 0. The number of carbonyl (C=O) groups is 1. The van der Waals surface area contributed by atoms with Gasteiger partial charge in [0.15, 0.2) is 0 Å². The van der Waals surface area contributed by atoms with Crippen LogP contribution in [0.2, 0.25) is 0 Å². The Hall–Kier alpha value is -3.79. The minimum Gasteiger partial charge on any atom is -0.333 e. The summed E-state index contributed by atoms with van der Waals surface area (Å²) in [6, 6.07) is 21.8. The Labute approximate surface area is 173 Å². The van der Waals surface area contributed by atoms with Gasteiger partial charge in [-0.15, -0.1) is 0 Å². The quantitative estimate of drug-likeness (QED) is 0.483. The molecule has 146 valence electrons. The Morgan fingerprint density at radius 1 is 0.833 bits per heavy atom. The van der Waals surface area contributed by atoms with E-state index in [1.165, 1.54) is 18.2 Å². The SMILES string of the molecule is O=C(C1=CC(F)=C(c2ccc(F)cc2)C2c3ccccc3C=CN12)c1ccccc1. The first-order valence-electron chi connectivity index (χ1n) is 9.66. The summed E-state index contributed by atoms with van der Waals surface area (Å²) < 4.78 is 29.0. The van der Waals surface area contributed by atoms with E-state index in [4.69, 9.17) is 0 Å². The van der Waals surface area contributed by atoms with E-state index in [0.717, 1.165) is 11.1 Å². The average molecular weight is 397 g/mol. The molecule has 0 aromatic heterocycles. The maximum atomic E-state index is 15.5. The van der Waals surface area contributed by atoms with E-state index in [9.17, 15) is 9.18 Å². The van der Waals surface area contributed by atoms with Gasteiger partial charge >= 0.3 is 0 Å². The second-order valence-corrected chi connectivity index (χ2v) is 7.25. The van der Waals surface area contributed by atoms with Crippen molar-refractivity contribution in [3.63, 3.8) is 0 Å². The number of nitrogens with zero attached hydrogens (tertiary/aromatic N) is 1. The molecule has 0 aliphatic carbocycles. The highest BCUT2D eigenvalue weighted by Crippen LogP contribution is 2.47. The highest BCUT2D eigenvalue weighted by atomic mass is 19.1. The van der Waals surface area contributed by atoms with Crippen molar-refractivity contribution in [3.05, 3.63) is 131 Å². The molecule has 1 atom stereocenters. The lowest BCUT2D eigenvalue weighted by molar-refractivity contribution is 0.0996. The zero-order chi connectivity index (χ0) is 20.7. The van der Waals surface area contributed by atoms with Crippen LogP contribution in [-0.2, 0) is 0 Å². The molecule has 3 aromatic carbocycles. The highest BCUT2D eigenvalue weighted by Gasteiger charge is 2.37. The van der Waals surface area contributed by atoms with E-state index in [1.807, 2.05) is 42.6 Å². The molecule has 5 rings (SSSR count). The monoisotopic (exact) mass is 397 g/mol. The number of hydrogen-bond acceptors (Lipinski definition) is 2. The van der Waals surface area contributed by atoms with Crippen molar-refractivity contribution in [2.45, 2.75) is 6.04 Å². The number of ketones is 1. The van der Waals surface area contributed by atoms with Gasteiger partial charge in [0.2, 0.25) is 5.78 Å². The van der Waals surface area contributed by atoms with Gasteiger partial charge in [-0.1, -0.05) is 66.7 Å². The van der Waals surface area contributed by atoms with Crippen LogP contribution < -0.4 is 0 Å². The van der Waals surface area contributed by atoms with Crippen LogP contribution in [0, 0.1) is 5.82 Å². The van der Waals surface area contributed by atoms with Gasteiger partial charge in [0, 0.05) is 23.4 Å². The van der Waals surface area contributed by atoms with Gasteiger partial charge in [0.25, 0.3) is 0 Å². The van der Waals surface area contributed by atoms with Crippen molar-refractivity contribution in [2.24, 2.45) is 0 Å². The van der Waals surface area contributed by atoms with E-state index in [2.05, 4.69) is 0 Å². The van der Waals surface area contributed by atoms with E-state index in [0.29, 0.717) is 16.7 Å². The van der Waals surface area contributed by atoms with E-state index < -0.39 is 11.9 Å². The molecule has 0 fully saturated rings. The second-order valence-electron chi connectivity index (χ2n) is 7.25. The van der Waals surface area contributed by atoms with Crippen LogP contribution in [0.4, 0.5) is 8.78 Å². The number of benzene rings is 3. The molecule has 0 saturated heterocycles. The van der Waals surface area contributed by atoms with E-state index in [-0.39, 0.29) is 17.3 Å². The summed E-state index contributed by atoms with van der Waals surface area (Å²) in [5.41, 5.74) is 3.60. The third kappa shape index (κ3) is 2.98. The van der Waals surface area contributed by atoms with Crippen molar-refractivity contribution in [2.75, 3.05) is 0 Å². The fourth-order valence-electron chi connectivity index (χ4n) is 4.07. The molecule has 2 aliphatic rings. The molecule has 0 radical (unpaired) electrons. The average Bonchev–Trinajstić information content (AvgIpc) is 2.79. The molecule has 3 aromatic rings. The molecule has 2 aliphatic heterocycles. The standard InChI is InChI=1S/C26H17F2NO/c27-20-12-10-18(11-13-20)24-22(28)16-23(26(30)19-7-2-1-3-8-19)29-15-14-17-6-4-5-9-21(17)25(24)29/h1-16,25H. The zero-order valence-electron chi connectivity index (χ0n) is 15.9. The molecule has 0 amide bonds. The molecule has 1 unspecified atom stereocenters. The zero-order valence-corrected chi connectivity index (χ0v) is 15.9. The largest absolute Gasteiger partial charge is 0.333 e. The van der Waals surface area contributed by atoms with Crippen LogP contribution in [0.5, 0.6) is 0 Å². The highest BCUT2D eigenvalue weighted by molar-refractivity contribution is 6.09. The van der Waals surface area contributed by atoms with Gasteiger partial charge in [-0.2, -0.15) is 0 Å². The maximum absolute atomic E-state index is 15.5. The van der Waals surface area contributed by atoms with Crippen LogP contribution in [0.25, 0.3) is 11.6 Å². The molecule has 0 N–H and O–H groups in total. The van der Waals surface area contributed by atoms with Gasteiger partial charge in [-0.3, -0.25) is 4.79 Å². The van der Waals surface area contributed by atoms with E-state index >= 15 is 4.39 Å². The Balaban J connectivity index is 1.71. The number of hydrogen-bond donors (Lipinski definition) is 0. The molecule has 30 heavy (non-hydrogen) atoms.